The number of hydrogen-bond acceptors (Lipinski definition) is 7. The first-order valence-corrected chi connectivity index (χ1v) is 7.71. The van der Waals surface area contributed by atoms with Gasteiger partial charge in [0.05, 0.1) is 11.2 Å². The second kappa shape index (κ2) is 8.29. The maximum Gasteiger partial charge on any atom is 0.387 e. The molecule has 0 atom stereocenters. The first-order valence-electron chi connectivity index (χ1n) is 6.83. The van der Waals surface area contributed by atoms with Crippen LogP contribution in [0.1, 0.15) is 25.7 Å². The number of ether oxygens (including phenoxy) is 2. The van der Waals surface area contributed by atoms with Crippen molar-refractivity contribution in [2.24, 2.45) is 0 Å². The van der Waals surface area contributed by atoms with E-state index in [1.165, 1.54) is 17.6 Å². The van der Waals surface area contributed by atoms with E-state index in [1.807, 2.05) is 5.32 Å². The van der Waals surface area contributed by atoms with Gasteiger partial charge in [0.25, 0.3) is 11.8 Å². The molecular weight excluding hydrogens is 358 g/mol. The third kappa shape index (κ3) is 5.31. The third-order valence-electron chi connectivity index (χ3n) is 2.86. The summed E-state index contributed by atoms with van der Waals surface area (Å²) in [6, 6.07) is 4.76. The van der Waals surface area contributed by atoms with Gasteiger partial charge in [-0.15, -0.1) is 11.3 Å². The van der Waals surface area contributed by atoms with Gasteiger partial charge in [0.1, 0.15) is 10.6 Å². The van der Waals surface area contributed by atoms with E-state index < -0.39 is 31.0 Å². The standard InChI is InChI=1S/C15H12F2N2O5S/c1-8-12(25-7-18-8)14(22)23-6-11(20)19-13(21)9-2-4-10(5-3-9)24-15(16)17/h2-5,7,15H,6H2,1H3,(H,19,20,21). The van der Waals surface area contributed by atoms with Crippen LogP contribution in [0.5, 0.6) is 5.75 Å². The van der Waals surface area contributed by atoms with Gasteiger partial charge in [-0.1, -0.05) is 0 Å². The van der Waals surface area contributed by atoms with Crippen LogP contribution in [-0.2, 0) is 9.53 Å². The van der Waals surface area contributed by atoms with E-state index in [9.17, 15) is 23.2 Å². The number of thiazole rings is 1. The number of carbonyl (C=O) groups is 3. The minimum atomic E-state index is -2.97. The van der Waals surface area contributed by atoms with Crippen molar-refractivity contribution in [2.45, 2.75) is 13.5 Å². The van der Waals surface area contributed by atoms with E-state index in [0.717, 1.165) is 23.5 Å². The monoisotopic (exact) mass is 370 g/mol. The fourth-order valence-electron chi connectivity index (χ4n) is 1.72. The van der Waals surface area contributed by atoms with Crippen molar-refractivity contribution < 1.29 is 32.6 Å². The molecule has 1 aromatic carbocycles. The van der Waals surface area contributed by atoms with Crippen LogP contribution in [0.4, 0.5) is 8.78 Å². The molecule has 0 saturated heterocycles. The van der Waals surface area contributed by atoms with Gasteiger partial charge in [0, 0.05) is 5.56 Å². The molecule has 132 valence electrons. The highest BCUT2D eigenvalue weighted by atomic mass is 32.1. The van der Waals surface area contributed by atoms with Gasteiger partial charge in [0.15, 0.2) is 6.61 Å². The predicted octanol–water partition coefficient (Wildman–Crippen LogP) is 2.17. The maximum absolute atomic E-state index is 12.0. The number of amides is 2. The summed E-state index contributed by atoms with van der Waals surface area (Å²) in [5.74, 6) is -2.42. The first kappa shape index (κ1) is 18.5. The predicted molar refractivity (Wildman–Crippen MR) is 82.7 cm³/mol. The number of benzene rings is 1. The number of hydrogen-bond donors (Lipinski definition) is 1. The lowest BCUT2D eigenvalue weighted by atomic mass is 10.2. The molecule has 0 unspecified atom stereocenters. The first-order chi connectivity index (χ1) is 11.9. The Kier molecular flexibility index (Phi) is 6.12. The van der Waals surface area contributed by atoms with Gasteiger partial charge in [-0.2, -0.15) is 8.78 Å². The number of esters is 1. The van der Waals surface area contributed by atoms with Crippen LogP contribution in [0.25, 0.3) is 0 Å². The van der Waals surface area contributed by atoms with Crippen molar-refractivity contribution in [1.29, 1.82) is 0 Å². The van der Waals surface area contributed by atoms with E-state index in [-0.39, 0.29) is 16.2 Å². The number of aromatic nitrogens is 1. The number of imide groups is 1. The van der Waals surface area contributed by atoms with Crippen LogP contribution in [-0.4, -0.2) is 36.0 Å². The highest BCUT2D eigenvalue weighted by molar-refractivity contribution is 7.11. The summed E-state index contributed by atoms with van der Waals surface area (Å²) in [4.78, 5) is 39.4. The zero-order valence-electron chi connectivity index (χ0n) is 12.8. The van der Waals surface area contributed by atoms with Gasteiger partial charge in [-0.05, 0) is 31.2 Å². The molecule has 0 aliphatic carbocycles. The normalized spacial score (nSPS) is 10.4. The van der Waals surface area contributed by atoms with Crippen molar-refractivity contribution in [3.63, 3.8) is 0 Å². The molecule has 0 fully saturated rings. The summed E-state index contributed by atoms with van der Waals surface area (Å²) in [5, 5.41) is 2.02. The topological polar surface area (TPSA) is 94.6 Å². The van der Waals surface area contributed by atoms with Crippen LogP contribution in [0.3, 0.4) is 0 Å². The molecule has 1 heterocycles. The molecule has 0 aliphatic heterocycles. The Morgan fingerprint density at radius 1 is 1.24 bits per heavy atom. The van der Waals surface area contributed by atoms with Gasteiger partial charge >= 0.3 is 12.6 Å². The highest BCUT2D eigenvalue weighted by Crippen LogP contribution is 2.15. The lowest BCUT2D eigenvalue weighted by Gasteiger charge is -2.07. The molecule has 7 nitrogen and oxygen atoms in total. The van der Waals surface area contributed by atoms with Crippen LogP contribution >= 0.6 is 11.3 Å². The summed E-state index contributed by atoms with van der Waals surface area (Å²) in [6.07, 6.45) is 0. The number of nitrogens with one attached hydrogen (secondary N) is 1. The molecule has 25 heavy (non-hydrogen) atoms. The number of halogens is 2. The molecule has 0 radical (unpaired) electrons. The molecule has 2 aromatic rings. The largest absolute Gasteiger partial charge is 0.451 e. The summed E-state index contributed by atoms with van der Waals surface area (Å²) < 4.78 is 33.0. The Hall–Kier alpha value is -2.88. The molecule has 1 N–H and O–H groups in total. The lowest BCUT2D eigenvalue weighted by molar-refractivity contribution is -0.123. The fourth-order valence-corrected chi connectivity index (χ4v) is 2.41. The van der Waals surface area contributed by atoms with E-state index in [2.05, 4.69) is 9.72 Å². The summed E-state index contributed by atoms with van der Waals surface area (Å²) in [7, 11) is 0. The molecule has 2 amide bonds. The van der Waals surface area contributed by atoms with Gasteiger partial charge < -0.3 is 9.47 Å². The van der Waals surface area contributed by atoms with E-state index in [1.54, 1.807) is 6.92 Å². The molecule has 1 aromatic heterocycles. The van der Waals surface area contributed by atoms with Gasteiger partial charge in [-0.3, -0.25) is 14.9 Å². The summed E-state index contributed by atoms with van der Waals surface area (Å²) in [6.45, 7) is -2.00. The average Bonchev–Trinajstić information content (AvgIpc) is 2.99. The van der Waals surface area contributed by atoms with Crippen molar-refractivity contribution in [2.75, 3.05) is 6.61 Å². The van der Waals surface area contributed by atoms with Crippen LogP contribution in [0.2, 0.25) is 0 Å². The Morgan fingerprint density at radius 3 is 2.48 bits per heavy atom. The average molecular weight is 370 g/mol. The number of nitrogens with zero attached hydrogens (tertiary/aromatic N) is 1. The lowest BCUT2D eigenvalue weighted by Crippen LogP contribution is -2.34. The fraction of sp³-hybridized carbons (Fsp3) is 0.200. The van der Waals surface area contributed by atoms with Crippen molar-refractivity contribution in [3.05, 3.63) is 45.9 Å². The second-order valence-corrected chi connectivity index (χ2v) is 5.48. The smallest absolute Gasteiger partial charge is 0.387 e. The zero-order valence-corrected chi connectivity index (χ0v) is 13.6. The molecule has 0 bridgehead atoms. The van der Waals surface area contributed by atoms with Crippen LogP contribution in [0.15, 0.2) is 29.8 Å². The molecule has 0 spiro atoms. The number of rotatable bonds is 6. The Bertz CT molecular complexity index is 776. The Labute approximate surface area is 144 Å². The summed E-state index contributed by atoms with van der Waals surface area (Å²) >= 11 is 1.08. The third-order valence-corrected chi connectivity index (χ3v) is 3.77. The van der Waals surface area contributed by atoms with E-state index >= 15 is 0 Å². The Morgan fingerprint density at radius 2 is 1.92 bits per heavy atom. The minimum absolute atomic E-state index is 0.0552. The van der Waals surface area contributed by atoms with E-state index in [4.69, 9.17) is 4.74 Å². The molecule has 0 saturated carbocycles. The van der Waals surface area contributed by atoms with Crippen molar-refractivity contribution in [1.82, 2.24) is 10.3 Å². The van der Waals surface area contributed by atoms with Gasteiger partial charge in [0.2, 0.25) is 0 Å². The number of carbonyl (C=O) groups excluding carboxylic acids is 3. The zero-order chi connectivity index (χ0) is 18.4. The summed E-state index contributed by atoms with van der Waals surface area (Å²) in [5.41, 5.74) is 2.01. The van der Waals surface area contributed by atoms with Crippen molar-refractivity contribution in [3.8, 4) is 5.75 Å². The number of aryl methyl sites for hydroxylation is 1. The van der Waals surface area contributed by atoms with Crippen LogP contribution in [0, 0.1) is 6.92 Å². The molecule has 2 rings (SSSR count). The molecular formula is C15H12F2N2O5S. The van der Waals surface area contributed by atoms with Crippen molar-refractivity contribution >= 4 is 29.1 Å². The Balaban J connectivity index is 1.84. The minimum Gasteiger partial charge on any atom is -0.451 e. The maximum atomic E-state index is 12.0. The van der Waals surface area contributed by atoms with Gasteiger partial charge in [-0.25, -0.2) is 9.78 Å². The number of alkyl halides is 2. The molecule has 0 aliphatic rings. The van der Waals surface area contributed by atoms with E-state index in [0.29, 0.717) is 5.69 Å². The highest BCUT2D eigenvalue weighted by Gasteiger charge is 2.17. The SMILES string of the molecule is Cc1ncsc1C(=O)OCC(=O)NC(=O)c1ccc(OC(F)F)cc1. The quantitative estimate of drug-likeness (QED) is 0.783. The molecule has 10 heteroatoms. The van der Waals surface area contributed by atoms with Crippen LogP contribution < -0.4 is 10.1 Å². The second-order valence-electron chi connectivity index (χ2n) is 4.62.